The fraction of sp³-hybridized carbons (Fsp3) is 0.636. The van der Waals surface area contributed by atoms with Gasteiger partial charge in [-0.05, 0) is 46.3 Å². The second-order valence-corrected chi connectivity index (χ2v) is 9.45. The zero-order valence-corrected chi connectivity index (χ0v) is 13.1. The third kappa shape index (κ3) is 2.92. The monoisotopic (exact) mass is 337 g/mol. The summed E-state index contributed by atoms with van der Waals surface area (Å²) in [4.78, 5) is 0. The average Bonchev–Trinajstić information content (AvgIpc) is 2.64. The minimum atomic E-state index is -3.29. The molecule has 1 aromatic heterocycles. The molecule has 96 valence electrons. The summed E-state index contributed by atoms with van der Waals surface area (Å²) in [7, 11) is -3.29. The van der Waals surface area contributed by atoms with Gasteiger partial charge in [0.25, 0.3) is 10.0 Å². The molecule has 2 heterocycles. The van der Waals surface area contributed by atoms with Gasteiger partial charge in [-0.15, -0.1) is 11.3 Å². The van der Waals surface area contributed by atoms with E-state index in [4.69, 9.17) is 0 Å². The van der Waals surface area contributed by atoms with Crippen molar-refractivity contribution >= 4 is 37.3 Å². The molecule has 2 rings (SSSR count). The summed E-state index contributed by atoms with van der Waals surface area (Å²) >= 11 is 4.59. The lowest BCUT2D eigenvalue weighted by atomic mass is 9.94. The maximum absolute atomic E-state index is 12.4. The van der Waals surface area contributed by atoms with Crippen LogP contribution in [0, 0.1) is 11.8 Å². The Morgan fingerprint density at radius 1 is 1.29 bits per heavy atom. The molecule has 0 radical (unpaired) electrons. The molecule has 0 N–H and O–H groups in total. The molecule has 1 aromatic rings. The van der Waals surface area contributed by atoms with Crippen molar-refractivity contribution < 1.29 is 8.42 Å². The second-order valence-electron chi connectivity index (χ2n) is 4.83. The zero-order valence-electron chi connectivity index (χ0n) is 9.89. The van der Waals surface area contributed by atoms with E-state index in [0.717, 1.165) is 10.2 Å². The maximum Gasteiger partial charge on any atom is 0.252 e. The van der Waals surface area contributed by atoms with Crippen LogP contribution in [0.2, 0.25) is 0 Å². The molecule has 1 fully saturated rings. The standard InChI is InChI=1S/C11H16BrNO2S2/c1-8-5-9(2)7-13(6-8)17(14,15)11-4-3-10(12)16-11/h3-4,8-9H,5-7H2,1-2H3/t8-,9-/m1/s1. The molecule has 0 saturated carbocycles. The van der Waals surface area contributed by atoms with E-state index in [1.165, 1.54) is 11.3 Å². The number of nitrogens with zero attached hydrogens (tertiary/aromatic N) is 1. The van der Waals surface area contributed by atoms with Gasteiger partial charge in [-0.1, -0.05) is 13.8 Å². The summed E-state index contributed by atoms with van der Waals surface area (Å²) < 4.78 is 27.7. The minimum absolute atomic E-state index is 0.436. The van der Waals surface area contributed by atoms with Crippen molar-refractivity contribution in [3.8, 4) is 0 Å². The largest absolute Gasteiger partial charge is 0.252 e. The van der Waals surface area contributed by atoms with Crippen LogP contribution in [0.4, 0.5) is 0 Å². The molecule has 6 heteroatoms. The molecule has 0 amide bonds. The summed E-state index contributed by atoms with van der Waals surface area (Å²) in [6, 6.07) is 3.46. The number of hydrogen-bond donors (Lipinski definition) is 0. The first-order valence-electron chi connectivity index (χ1n) is 5.65. The number of piperidine rings is 1. The van der Waals surface area contributed by atoms with Crippen molar-refractivity contribution in [1.29, 1.82) is 0 Å². The quantitative estimate of drug-likeness (QED) is 0.831. The van der Waals surface area contributed by atoms with Gasteiger partial charge in [0.05, 0.1) is 3.79 Å². The highest BCUT2D eigenvalue weighted by molar-refractivity contribution is 9.11. The first-order chi connectivity index (χ1) is 7.89. The van der Waals surface area contributed by atoms with Crippen LogP contribution >= 0.6 is 27.3 Å². The van der Waals surface area contributed by atoms with Gasteiger partial charge >= 0.3 is 0 Å². The van der Waals surface area contributed by atoms with Crippen LogP contribution in [0.5, 0.6) is 0 Å². The summed E-state index contributed by atoms with van der Waals surface area (Å²) in [5.41, 5.74) is 0. The SMILES string of the molecule is C[C@@H]1C[C@@H](C)CN(S(=O)(=O)c2ccc(Br)s2)C1. The number of rotatable bonds is 2. The summed E-state index contributed by atoms with van der Waals surface area (Å²) in [5.74, 6) is 0.883. The smallest absolute Gasteiger partial charge is 0.206 e. The zero-order chi connectivity index (χ0) is 12.6. The van der Waals surface area contributed by atoms with E-state index >= 15 is 0 Å². The van der Waals surface area contributed by atoms with Crippen LogP contribution in [0.15, 0.2) is 20.1 Å². The molecule has 1 aliphatic rings. The molecule has 2 atom stereocenters. The molecule has 0 unspecified atom stereocenters. The number of hydrogen-bond acceptors (Lipinski definition) is 3. The highest BCUT2D eigenvalue weighted by Gasteiger charge is 2.32. The van der Waals surface area contributed by atoms with E-state index in [0.29, 0.717) is 29.1 Å². The Morgan fingerprint density at radius 2 is 1.88 bits per heavy atom. The molecule has 1 saturated heterocycles. The third-order valence-corrected chi connectivity index (χ3v) is 6.90. The van der Waals surface area contributed by atoms with Crippen LogP contribution in [-0.2, 0) is 10.0 Å². The van der Waals surface area contributed by atoms with E-state index < -0.39 is 10.0 Å². The van der Waals surface area contributed by atoms with Gasteiger partial charge in [0.1, 0.15) is 4.21 Å². The van der Waals surface area contributed by atoms with E-state index in [9.17, 15) is 8.42 Å². The fourth-order valence-electron chi connectivity index (χ4n) is 2.37. The van der Waals surface area contributed by atoms with Crippen molar-refractivity contribution in [3.05, 3.63) is 15.9 Å². The second kappa shape index (κ2) is 4.99. The minimum Gasteiger partial charge on any atom is -0.206 e. The van der Waals surface area contributed by atoms with Gasteiger partial charge in [0, 0.05) is 13.1 Å². The first-order valence-corrected chi connectivity index (χ1v) is 8.70. The highest BCUT2D eigenvalue weighted by atomic mass is 79.9. The van der Waals surface area contributed by atoms with Crippen molar-refractivity contribution in [2.45, 2.75) is 24.5 Å². The van der Waals surface area contributed by atoms with Gasteiger partial charge in [0.15, 0.2) is 0 Å². The lowest BCUT2D eigenvalue weighted by molar-refractivity contribution is 0.223. The number of halogens is 1. The highest BCUT2D eigenvalue weighted by Crippen LogP contribution is 2.31. The number of thiophene rings is 1. The van der Waals surface area contributed by atoms with Gasteiger partial charge in [-0.3, -0.25) is 0 Å². The van der Waals surface area contributed by atoms with Crippen molar-refractivity contribution in [1.82, 2.24) is 4.31 Å². The molecule has 1 aliphatic heterocycles. The molecule has 0 aliphatic carbocycles. The van der Waals surface area contributed by atoms with Crippen LogP contribution < -0.4 is 0 Å². The molecule has 17 heavy (non-hydrogen) atoms. The van der Waals surface area contributed by atoms with E-state index in [1.54, 1.807) is 16.4 Å². The fourth-order valence-corrected chi connectivity index (χ4v) is 6.21. The average molecular weight is 338 g/mol. The normalized spacial score (nSPS) is 27.2. The Kier molecular flexibility index (Phi) is 3.97. The Morgan fingerprint density at radius 3 is 2.35 bits per heavy atom. The summed E-state index contributed by atoms with van der Waals surface area (Å²) in [5, 5.41) is 0. The Balaban J connectivity index is 2.26. The molecule has 0 aromatic carbocycles. The van der Waals surface area contributed by atoms with Crippen LogP contribution in [0.25, 0.3) is 0 Å². The lowest BCUT2D eigenvalue weighted by Crippen LogP contribution is -2.42. The Bertz CT molecular complexity index is 487. The topological polar surface area (TPSA) is 37.4 Å². The van der Waals surface area contributed by atoms with Crippen LogP contribution in [0.3, 0.4) is 0 Å². The maximum atomic E-state index is 12.4. The van der Waals surface area contributed by atoms with Crippen molar-refractivity contribution in [2.75, 3.05) is 13.1 Å². The van der Waals surface area contributed by atoms with Crippen molar-refractivity contribution in [2.24, 2.45) is 11.8 Å². The van der Waals surface area contributed by atoms with Gasteiger partial charge in [0.2, 0.25) is 0 Å². The van der Waals surface area contributed by atoms with E-state index in [-0.39, 0.29) is 0 Å². The molecule has 3 nitrogen and oxygen atoms in total. The number of sulfonamides is 1. The van der Waals surface area contributed by atoms with Gasteiger partial charge in [-0.2, -0.15) is 4.31 Å². The Labute approximate surface area is 115 Å². The Hall–Kier alpha value is 0.0900. The van der Waals surface area contributed by atoms with E-state index in [2.05, 4.69) is 29.8 Å². The first kappa shape index (κ1) is 13.5. The third-order valence-electron chi connectivity index (χ3n) is 2.98. The molecular weight excluding hydrogens is 322 g/mol. The predicted molar refractivity (Wildman–Crippen MR) is 73.7 cm³/mol. The van der Waals surface area contributed by atoms with Crippen molar-refractivity contribution in [3.63, 3.8) is 0 Å². The summed E-state index contributed by atoms with van der Waals surface area (Å²) in [6.07, 6.45) is 1.11. The van der Waals surface area contributed by atoms with Gasteiger partial charge < -0.3 is 0 Å². The lowest BCUT2D eigenvalue weighted by Gasteiger charge is -2.33. The predicted octanol–water partition coefficient (Wildman–Crippen LogP) is 3.18. The molecule has 0 spiro atoms. The molecule has 0 bridgehead atoms. The van der Waals surface area contributed by atoms with Crippen LogP contribution in [-0.4, -0.2) is 25.8 Å². The van der Waals surface area contributed by atoms with E-state index in [1.807, 2.05) is 0 Å². The van der Waals surface area contributed by atoms with Gasteiger partial charge in [-0.25, -0.2) is 8.42 Å². The molecular formula is C11H16BrNO2S2. The summed E-state index contributed by atoms with van der Waals surface area (Å²) in [6.45, 7) is 5.51. The van der Waals surface area contributed by atoms with Crippen LogP contribution in [0.1, 0.15) is 20.3 Å².